The molecule has 8 heteroatoms. The lowest BCUT2D eigenvalue weighted by molar-refractivity contribution is 0.262. The Bertz CT molecular complexity index is 885. The number of amides is 2. The fourth-order valence-electron chi connectivity index (χ4n) is 2.18. The van der Waals surface area contributed by atoms with E-state index < -0.39 is 6.03 Å². The molecule has 1 heterocycles. The molecule has 3 aromatic rings. The van der Waals surface area contributed by atoms with Crippen LogP contribution in [0.15, 0.2) is 48.5 Å². The van der Waals surface area contributed by atoms with Crippen LogP contribution in [0.2, 0.25) is 10.0 Å². The summed E-state index contributed by atoms with van der Waals surface area (Å²) in [6, 6.07) is 14.4. The van der Waals surface area contributed by atoms with Crippen LogP contribution in [0.4, 0.5) is 15.6 Å². The van der Waals surface area contributed by atoms with E-state index in [-0.39, 0.29) is 5.92 Å². The standard InChI is InChI=1S/C17H14Cl2N4OS/c1-10(11-5-3-2-4-6-11)15-22-23-17(25-15)21-16(24)20-12-7-8-13(18)14(19)9-12/h2-10H,1H3,(H2,20,21,23,24)/t10-/m0/s1. The summed E-state index contributed by atoms with van der Waals surface area (Å²) in [6.45, 7) is 2.05. The van der Waals surface area contributed by atoms with E-state index >= 15 is 0 Å². The number of nitrogens with one attached hydrogen (secondary N) is 2. The average Bonchev–Trinajstić information content (AvgIpc) is 3.06. The monoisotopic (exact) mass is 392 g/mol. The van der Waals surface area contributed by atoms with Crippen LogP contribution in [-0.2, 0) is 0 Å². The fraction of sp³-hybridized carbons (Fsp3) is 0.118. The van der Waals surface area contributed by atoms with Gasteiger partial charge in [0.05, 0.1) is 10.0 Å². The third-order valence-corrected chi connectivity index (χ3v) is 5.27. The third-order valence-electron chi connectivity index (χ3n) is 3.51. The van der Waals surface area contributed by atoms with Gasteiger partial charge in [-0.1, -0.05) is 71.8 Å². The first kappa shape index (κ1) is 17.7. The highest BCUT2D eigenvalue weighted by Gasteiger charge is 2.15. The number of nitrogens with zero attached hydrogens (tertiary/aromatic N) is 2. The van der Waals surface area contributed by atoms with Crippen molar-refractivity contribution in [3.8, 4) is 0 Å². The number of urea groups is 1. The summed E-state index contributed by atoms with van der Waals surface area (Å²) in [5.41, 5.74) is 1.68. The Morgan fingerprint density at radius 2 is 1.80 bits per heavy atom. The second kappa shape index (κ2) is 7.82. The molecule has 3 rings (SSSR count). The minimum absolute atomic E-state index is 0.104. The van der Waals surface area contributed by atoms with E-state index in [1.54, 1.807) is 18.2 Å². The van der Waals surface area contributed by atoms with Crippen LogP contribution < -0.4 is 10.6 Å². The minimum Gasteiger partial charge on any atom is -0.308 e. The molecule has 1 aromatic heterocycles. The maximum atomic E-state index is 12.1. The number of carbonyl (C=O) groups is 1. The summed E-state index contributed by atoms with van der Waals surface area (Å²) in [5.74, 6) is 0.104. The van der Waals surface area contributed by atoms with Crippen molar-refractivity contribution in [2.24, 2.45) is 0 Å². The van der Waals surface area contributed by atoms with Crippen molar-refractivity contribution >= 4 is 51.4 Å². The van der Waals surface area contributed by atoms with Crippen LogP contribution >= 0.6 is 34.5 Å². The summed E-state index contributed by atoms with van der Waals surface area (Å²) >= 11 is 13.1. The Hall–Kier alpha value is -2.15. The lowest BCUT2D eigenvalue weighted by Gasteiger charge is -2.07. The topological polar surface area (TPSA) is 66.9 Å². The zero-order valence-corrected chi connectivity index (χ0v) is 15.5. The molecule has 2 amide bonds. The van der Waals surface area contributed by atoms with Crippen molar-refractivity contribution in [3.05, 3.63) is 69.1 Å². The van der Waals surface area contributed by atoms with E-state index in [0.717, 1.165) is 10.6 Å². The Balaban J connectivity index is 1.64. The van der Waals surface area contributed by atoms with E-state index in [1.807, 2.05) is 30.3 Å². The summed E-state index contributed by atoms with van der Waals surface area (Å²) in [7, 11) is 0. The van der Waals surface area contributed by atoms with E-state index in [1.165, 1.54) is 11.3 Å². The van der Waals surface area contributed by atoms with Crippen LogP contribution in [0.5, 0.6) is 0 Å². The fourth-order valence-corrected chi connectivity index (χ4v) is 3.29. The molecule has 0 fully saturated rings. The first-order valence-electron chi connectivity index (χ1n) is 7.44. The SMILES string of the molecule is C[C@@H](c1ccccc1)c1nnc(NC(=O)Nc2ccc(Cl)c(Cl)c2)s1. The second-order valence-corrected chi connectivity index (χ2v) is 7.11. The lowest BCUT2D eigenvalue weighted by atomic mass is 10.0. The molecule has 0 saturated carbocycles. The molecule has 25 heavy (non-hydrogen) atoms. The van der Waals surface area contributed by atoms with E-state index in [9.17, 15) is 4.79 Å². The van der Waals surface area contributed by atoms with Crippen molar-refractivity contribution in [3.63, 3.8) is 0 Å². The summed E-state index contributed by atoms with van der Waals surface area (Å²) in [6.07, 6.45) is 0. The zero-order chi connectivity index (χ0) is 17.8. The van der Waals surface area contributed by atoms with Gasteiger partial charge < -0.3 is 5.32 Å². The maximum Gasteiger partial charge on any atom is 0.325 e. The highest BCUT2D eigenvalue weighted by atomic mass is 35.5. The predicted molar refractivity (Wildman–Crippen MR) is 103 cm³/mol. The van der Waals surface area contributed by atoms with Crippen molar-refractivity contribution in [1.82, 2.24) is 10.2 Å². The van der Waals surface area contributed by atoms with Gasteiger partial charge in [-0.2, -0.15) is 0 Å². The average molecular weight is 393 g/mol. The van der Waals surface area contributed by atoms with Crippen LogP contribution in [0.25, 0.3) is 0 Å². The largest absolute Gasteiger partial charge is 0.325 e. The number of hydrogen-bond acceptors (Lipinski definition) is 4. The normalized spacial score (nSPS) is 11.8. The minimum atomic E-state index is -0.423. The number of benzene rings is 2. The molecule has 0 spiro atoms. The van der Waals surface area contributed by atoms with Crippen LogP contribution in [0.3, 0.4) is 0 Å². The molecule has 0 aliphatic heterocycles. The molecule has 0 aliphatic carbocycles. The Morgan fingerprint density at radius 1 is 1.04 bits per heavy atom. The van der Waals surface area contributed by atoms with Gasteiger partial charge in [-0.15, -0.1) is 10.2 Å². The van der Waals surface area contributed by atoms with Gasteiger partial charge in [0, 0.05) is 11.6 Å². The molecule has 1 atom stereocenters. The van der Waals surface area contributed by atoms with Crippen molar-refractivity contribution in [1.29, 1.82) is 0 Å². The molecular weight excluding hydrogens is 379 g/mol. The quantitative estimate of drug-likeness (QED) is 0.603. The Kier molecular flexibility index (Phi) is 5.53. The van der Waals surface area contributed by atoms with Crippen LogP contribution in [0.1, 0.15) is 23.4 Å². The van der Waals surface area contributed by atoms with E-state index in [4.69, 9.17) is 23.2 Å². The van der Waals surface area contributed by atoms with Crippen molar-refractivity contribution < 1.29 is 4.79 Å². The van der Waals surface area contributed by atoms with Crippen molar-refractivity contribution in [2.75, 3.05) is 10.6 Å². The third kappa shape index (κ3) is 4.48. The number of anilines is 2. The van der Waals surface area contributed by atoms with Gasteiger partial charge in [0.2, 0.25) is 5.13 Å². The van der Waals surface area contributed by atoms with E-state index in [0.29, 0.717) is 20.9 Å². The molecule has 0 radical (unpaired) electrons. The summed E-state index contributed by atoms with van der Waals surface area (Å²) in [5, 5.41) is 15.6. The molecular formula is C17H14Cl2N4OS. The molecule has 2 aromatic carbocycles. The molecule has 2 N–H and O–H groups in total. The maximum absolute atomic E-state index is 12.1. The second-order valence-electron chi connectivity index (χ2n) is 5.29. The van der Waals surface area contributed by atoms with Gasteiger partial charge in [-0.25, -0.2) is 4.79 Å². The number of carbonyl (C=O) groups excluding carboxylic acids is 1. The predicted octanol–water partition coefficient (Wildman–Crippen LogP) is 5.64. The smallest absolute Gasteiger partial charge is 0.308 e. The zero-order valence-electron chi connectivity index (χ0n) is 13.2. The molecule has 0 bridgehead atoms. The molecule has 5 nitrogen and oxygen atoms in total. The number of rotatable bonds is 4. The van der Waals surface area contributed by atoms with Gasteiger partial charge in [0.1, 0.15) is 5.01 Å². The molecule has 0 unspecified atom stereocenters. The van der Waals surface area contributed by atoms with Crippen LogP contribution in [0, 0.1) is 0 Å². The number of hydrogen-bond donors (Lipinski definition) is 2. The highest BCUT2D eigenvalue weighted by Crippen LogP contribution is 2.29. The lowest BCUT2D eigenvalue weighted by Crippen LogP contribution is -2.19. The van der Waals surface area contributed by atoms with E-state index in [2.05, 4.69) is 27.8 Å². The number of halogens is 2. The van der Waals surface area contributed by atoms with Gasteiger partial charge in [-0.3, -0.25) is 5.32 Å². The highest BCUT2D eigenvalue weighted by molar-refractivity contribution is 7.15. The molecule has 128 valence electrons. The van der Waals surface area contributed by atoms with Gasteiger partial charge in [0.15, 0.2) is 0 Å². The van der Waals surface area contributed by atoms with Gasteiger partial charge in [-0.05, 0) is 23.8 Å². The van der Waals surface area contributed by atoms with Gasteiger partial charge in [0.25, 0.3) is 0 Å². The first-order chi connectivity index (χ1) is 12.0. The molecule has 0 saturated heterocycles. The molecule has 0 aliphatic rings. The first-order valence-corrected chi connectivity index (χ1v) is 9.01. The Labute approximate surface area is 159 Å². The Morgan fingerprint density at radius 3 is 2.52 bits per heavy atom. The van der Waals surface area contributed by atoms with Gasteiger partial charge >= 0.3 is 6.03 Å². The summed E-state index contributed by atoms with van der Waals surface area (Å²) in [4.78, 5) is 12.1. The summed E-state index contributed by atoms with van der Waals surface area (Å²) < 4.78 is 0. The van der Waals surface area contributed by atoms with Crippen molar-refractivity contribution in [2.45, 2.75) is 12.8 Å². The number of aromatic nitrogens is 2. The van der Waals surface area contributed by atoms with Crippen LogP contribution in [-0.4, -0.2) is 16.2 Å².